The molecule has 0 bridgehead atoms. The average molecular weight is 230 g/mol. The van der Waals surface area contributed by atoms with Gasteiger partial charge in [-0.1, -0.05) is 0 Å². The summed E-state index contributed by atoms with van der Waals surface area (Å²) in [6.07, 6.45) is 2.00. The first-order valence-electron chi connectivity index (χ1n) is 5.10. The summed E-state index contributed by atoms with van der Waals surface area (Å²) in [5.74, 6) is 0.814. The van der Waals surface area contributed by atoms with Crippen LogP contribution in [-0.4, -0.2) is 46.8 Å². The van der Waals surface area contributed by atoms with Crippen molar-refractivity contribution in [1.82, 2.24) is 10.2 Å². The zero-order valence-corrected chi connectivity index (χ0v) is 10.4. The highest BCUT2D eigenvalue weighted by molar-refractivity contribution is 7.98. The lowest BCUT2D eigenvalue weighted by atomic mass is 10.1. The van der Waals surface area contributed by atoms with E-state index in [1.165, 1.54) is 0 Å². The molecule has 3 atom stereocenters. The minimum atomic E-state index is -0.391. The Morgan fingerprint density at radius 2 is 2.07 bits per heavy atom. The molecule has 2 amide bonds. The Bertz CT molecular complexity index is 270. The van der Waals surface area contributed by atoms with Gasteiger partial charge in [0.1, 0.15) is 12.1 Å². The van der Waals surface area contributed by atoms with Crippen molar-refractivity contribution in [3.63, 3.8) is 0 Å². The third-order valence-corrected chi connectivity index (χ3v) is 3.48. The Hall–Kier alpha value is -0.710. The predicted molar refractivity (Wildman–Crippen MR) is 61.8 cm³/mol. The quantitative estimate of drug-likeness (QED) is 0.767. The Kier molecular flexibility index (Phi) is 4.02. The zero-order chi connectivity index (χ0) is 11.6. The summed E-state index contributed by atoms with van der Waals surface area (Å²) >= 11 is 1.68. The molecule has 15 heavy (non-hydrogen) atoms. The van der Waals surface area contributed by atoms with Crippen LogP contribution in [0.15, 0.2) is 0 Å². The fraction of sp³-hybridized carbons (Fsp3) is 0.800. The maximum Gasteiger partial charge on any atom is 0.245 e. The van der Waals surface area contributed by atoms with Gasteiger partial charge in [-0.05, 0) is 27.0 Å². The minimum absolute atomic E-state index is 0.0173. The predicted octanol–water partition coefficient (Wildman–Crippen LogP) is 0.473. The molecule has 1 aliphatic rings. The highest BCUT2D eigenvalue weighted by Gasteiger charge is 2.37. The van der Waals surface area contributed by atoms with E-state index in [4.69, 9.17) is 0 Å². The molecule has 5 heteroatoms. The van der Waals surface area contributed by atoms with Crippen molar-refractivity contribution in [1.29, 1.82) is 0 Å². The van der Waals surface area contributed by atoms with Crippen molar-refractivity contribution in [3.8, 4) is 0 Å². The number of nitrogens with zero attached hydrogens (tertiary/aromatic N) is 1. The molecule has 0 spiro atoms. The SMILES string of the molecule is CSCC(C)N1C(=O)C(C)NC(=O)C1C. The summed E-state index contributed by atoms with van der Waals surface area (Å²) in [6.45, 7) is 5.48. The number of carbonyl (C=O) groups excluding carboxylic acids is 2. The van der Waals surface area contributed by atoms with Crippen LogP contribution >= 0.6 is 11.8 Å². The van der Waals surface area contributed by atoms with E-state index in [0.29, 0.717) is 0 Å². The lowest BCUT2D eigenvalue weighted by molar-refractivity contribution is -0.149. The Labute approximate surface area is 94.8 Å². The molecule has 0 aromatic heterocycles. The van der Waals surface area contributed by atoms with Crippen LogP contribution < -0.4 is 5.32 Å². The lowest BCUT2D eigenvalue weighted by Crippen LogP contribution is -2.63. The molecule has 1 fully saturated rings. The van der Waals surface area contributed by atoms with Crippen LogP contribution in [0, 0.1) is 0 Å². The number of hydrogen-bond donors (Lipinski definition) is 1. The van der Waals surface area contributed by atoms with Crippen molar-refractivity contribution < 1.29 is 9.59 Å². The number of nitrogens with one attached hydrogen (secondary N) is 1. The summed E-state index contributed by atoms with van der Waals surface area (Å²) < 4.78 is 0. The fourth-order valence-corrected chi connectivity index (χ4v) is 2.50. The van der Waals surface area contributed by atoms with Crippen molar-refractivity contribution >= 4 is 23.6 Å². The monoisotopic (exact) mass is 230 g/mol. The number of piperazine rings is 1. The molecular formula is C10H18N2O2S. The number of hydrogen-bond acceptors (Lipinski definition) is 3. The number of rotatable bonds is 3. The summed E-state index contributed by atoms with van der Waals surface area (Å²) in [4.78, 5) is 25.2. The van der Waals surface area contributed by atoms with E-state index in [1.807, 2.05) is 13.2 Å². The summed E-state index contributed by atoms with van der Waals surface area (Å²) in [5, 5.41) is 2.67. The average Bonchev–Trinajstić information content (AvgIpc) is 2.16. The molecular weight excluding hydrogens is 212 g/mol. The molecule has 0 radical (unpaired) electrons. The molecule has 1 aliphatic heterocycles. The summed E-state index contributed by atoms with van der Waals surface area (Å²) in [7, 11) is 0. The maximum atomic E-state index is 11.9. The van der Waals surface area contributed by atoms with E-state index in [9.17, 15) is 9.59 Å². The molecule has 0 aromatic rings. The van der Waals surface area contributed by atoms with Gasteiger partial charge in [-0.2, -0.15) is 11.8 Å². The second-order valence-corrected chi connectivity index (χ2v) is 4.87. The van der Waals surface area contributed by atoms with E-state index in [-0.39, 0.29) is 23.9 Å². The van der Waals surface area contributed by atoms with Gasteiger partial charge in [0.05, 0.1) is 0 Å². The van der Waals surface area contributed by atoms with E-state index in [0.717, 1.165) is 5.75 Å². The number of carbonyl (C=O) groups is 2. The molecule has 1 N–H and O–H groups in total. The normalized spacial score (nSPS) is 28.9. The second-order valence-electron chi connectivity index (χ2n) is 3.96. The molecule has 1 rings (SSSR count). The van der Waals surface area contributed by atoms with Gasteiger partial charge < -0.3 is 10.2 Å². The van der Waals surface area contributed by atoms with Crippen molar-refractivity contribution in [2.24, 2.45) is 0 Å². The van der Waals surface area contributed by atoms with Crippen LogP contribution in [0.2, 0.25) is 0 Å². The largest absolute Gasteiger partial charge is 0.343 e. The Morgan fingerprint density at radius 1 is 1.47 bits per heavy atom. The van der Waals surface area contributed by atoms with Crippen molar-refractivity contribution in [3.05, 3.63) is 0 Å². The van der Waals surface area contributed by atoms with Gasteiger partial charge in [0, 0.05) is 11.8 Å². The zero-order valence-electron chi connectivity index (χ0n) is 9.61. The van der Waals surface area contributed by atoms with Gasteiger partial charge in [0.2, 0.25) is 11.8 Å². The Morgan fingerprint density at radius 3 is 2.60 bits per heavy atom. The standard InChI is InChI=1S/C10H18N2O2S/c1-6(5-15-4)12-8(3)9(13)11-7(2)10(12)14/h6-8H,5H2,1-4H3,(H,11,13). The molecule has 1 heterocycles. The summed E-state index contributed by atoms with van der Waals surface area (Å²) in [6, 6.07) is -0.634. The van der Waals surface area contributed by atoms with Crippen LogP contribution in [0.3, 0.4) is 0 Å². The van der Waals surface area contributed by atoms with Crippen LogP contribution in [0.1, 0.15) is 20.8 Å². The first-order valence-corrected chi connectivity index (χ1v) is 6.50. The fourth-order valence-electron chi connectivity index (χ4n) is 1.86. The first-order chi connectivity index (χ1) is 6.99. The Balaban J connectivity index is 2.81. The van der Waals surface area contributed by atoms with Gasteiger partial charge >= 0.3 is 0 Å². The topological polar surface area (TPSA) is 49.4 Å². The van der Waals surface area contributed by atoms with Crippen LogP contribution in [0.4, 0.5) is 0 Å². The van der Waals surface area contributed by atoms with E-state index in [2.05, 4.69) is 5.32 Å². The second kappa shape index (κ2) is 4.88. The highest BCUT2D eigenvalue weighted by Crippen LogP contribution is 2.15. The van der Waals surface area contributed by atoms with E-state index >= 15 is 0 Å². The molecule has 0 aromatic carbocycles. The van der Waals surface area contributed by atoms with E-state index < -0.39 is 6.04 Å². The highest BCUT2D eigenvalue weighted by atomic mass is 32.2. The lowest BCUT2D eigenvalue weighted by Gasteiger charge is -2.39. The molecule has 4 nitrogen and oxygen atoms in total. The van der Waals surface area contributed by atoms with Crippen molar-refractivity contribution in [2.75, 3.05) is 12.0 Å². The van der Waals surface area contributed by atoms with Gasteiger partial charge in [0.25, 0.3) is 0 Å². The molecule has 3 unspecified atom stereocenters. The molecule has 86 valence electrons. The number of amides is 2. The van der Waals surface area contributed by atoms with Gasteiger partial charge in [0.15, 0.2) is 0 Å². The van der Waals surface area contributed by atoms with Gasteiger partial charge in [-0.3, -0.25) is 9.59 Å². The van der Waals surface area contributed by atoms with E-state index in [1.54, 1.807) is 30.5 Å². The smallest absolute Gasteiger partial charge is 0.245 e. The third-order valence-electron chi connectivity index (χ3n) is 2.66. The molecule has 1 saturated heterocycles. The first kappa shape index (κ1) is 12.4. The van der Waals surface area contributed by atoms with Gasteiger partial charge in [-0.15, -0.1) is 0 Å². The number of thioether (sulfide) groups is 1. The third kappa shape index (κ3) is 2.45. The minimum Gasteiger partial charge on any atom is -0.343 e. The maximum absolute atomic E-state index is 11.9. The van der Waals surface area contributed by atoms with Crippen LogP contribution in [-0.2, 0) is 9.59 Å². The van der Waals surface area contributed by atoms with Crippen LogP contribution in [0.5, 0.6) is 0 Å². The molecule has 0 aliphatic carbocycles. The van der Waals surface area contributed by atoms with Gasteiger partial charge in [-0.25, -0.2) is 0 Å². The van der Waals surface area contributed by atoms with Crippen molar-refractivity contribution in [2.45, 2.75) is 38.9 Å². The van der Waals surface area contributed by atoms with Crippen LogP contribution in [0.25, 0.3) is 0 Å². The summed E-state index contributed by atoms with van der Waals surface area (Å²) in [5.41, 5.74) is 0. The molecule has 0 saturated carbocycles.